The first kappa shape index (κ1) is 18.5. The first-order valence-electron chi connectivity index (χ1n) is 6.89. The number of benzene rings is 2. The summed E-state index contributed by atoms with van der Waals surface area (Å²) in [6.07, 6.45) is -5.42. The minimum absolute atomic E-state index is 0.0327. The van der Waals surface area contributed by atoms with Crippen molar-refractivity contribution in [1.29, 1.82) is 0 Å². The third-order valence-electron chi connectivity index (χ3n) is 2.91. The second-order valence-electron chi connectivity index (χ2n) is 4.74. The number of ether oxygens (including phenoxy) is 2. The molecule has 0 aliphatic heterocycles. The van der Waals surface area contributed by atoms with Gasteiger partial charge in [-0.3, -0.25) is 5.32 Å². The van der Waals surface area contributed by atoms with Crippen LogP contribution in [0.4, 0.5) is 29.3 Å². The van der Waals surface area contributed by atoms with Crippen LogP contribution in [-0.4, -0.2) is 18.4 Å². The Balaban J connectivity index is 2.03. The Morgan fingerprint density at radius 1 is 1.04 bits per heavy atom. The zero-order chi connectivity index (χ0) is 18.4. The maximum Gasteiger partial charge on any atom is 0.417 e. The largest absolute Gasteiger partial charge is 0.474 e. The zero-order valence-electron chi connectivity index (χ0n) is 12.9. The predicted octanol–water partition coefficient (Wildman–Crippen LogP) is 4.66. The first-order valence-corrected chi connectivity index (χ1v) is 7.30. The quantitative estimate of drug-likeness (QED) is 0.770. The molecular formula is C16H13F3N2O3S. The van der Waals surface area contributed by atoms with Crippen molar-refractivity contribution in [3.8, 4) is 5.75 Å². The second kappa shape index (κ2) is 7.84. The first-order chi connectivity index (χ1) is 11.8. The Labute approximate surface area is 146 Å². The van der Waals surface area contributed by atoms with E-state index in [4.69, 9.17) is 21.7 Å². The van der Waals surface area contributed by atoms with Gasteiger partial charge in [0.05, 0.1) is 12.7 Å². The van der Waals surface area contributed by atoms with Crippen LogP contribution in [0, 0.1) is 0 Å². The summed E-state index contributed by atoms with van der Waals surface area (Å²) >= 11 is 4.85. The van der Waals surface area contributed by atoms with Crippen molar-refractivity contribution in [2.75, 3.05) is 17.7 Å². The van der Waals surface area contributed by atoms with Crippen LogP contribution in [0.15, 0.2) is 48.5 Å². The lowest BCUT2D eigenvalue weighted by molar-refractivity contribution is -0.137. The molecule has 0 heterocycles. The van der Waals surface area contributed by atoms with E-state index in [2.05, 4.69) is 10.6 Å². The lowest BCUT2D eigenvalue weighted by atomic mass is 10.2. The van der Waals surface area contributed by atoms with Gasteiger partial charge in [0.15, 0.2) is 0 Å². The number of anilines is 2. The van der Waals surface area contributed by atoms with Gasteiger partial charge in [-0.1, -0.05) is 12.1 Å². The van der Waals surface area contributed by atoms with Crippen molar-refractivity contribution in [3.63, 3.8) is 0 Å². The van der Waals surface area contributed by atoms with E-state index in [0.29, 0.717) is 5.69 Å². The van der Waals surface area contributed by atoms with Crippen LogP contribution in [0.5, 0.6) is 5.75 Å². The van der Waals surface area contributed by atoms with Gasteiger partial charge < -0.3 is 14.8 Å². The number of carbonyl (C=O) groups is 1. The highest BCUT2D eigenvalue weighted by Crippen LogP contribution is 2.30. The molecule has 0 fully saturated rings. The van der Waals surface area contributed by atoms with Crippen LogP contribution in [0.3, 0.4) is 0 Å². The van der Waals surface area contributed by atoms with Crippen molar-refractivity contribution in [1.82, 2.24) is 0 Å². The van der Waals surface area contributed by atoms with Crippen molar-refractivity contribution in [3.05, 3.63) is 54.1 Å². The maximum atomic E-state index is 12.7. The molecule has 2 N–H and O–H groups in total. The molecule has 2 aromatic carbocycles. The topological polar surface area (TPSA) is 59.6 Å². The molecule has 0 saturated heterocycles. The standard InChI is InChI=1S/C16H13F3N2O3S/c1-23-15(25)21-12-6-3-7-13(9-12)24-14(22)20-11-5-2-4-10(8-11)16(17,18)19/h2-9H,1H3,(H,20,22)(H,21,25). The molecule has 0 aliphatic carbocycles. The number of nitrogens with one attached hydrogen (secondary N) is 2. The Bertz CT molecular complexity index is 781. The van der Waals surface area contributed by atoms with Crippen molar-refractivity contribution in [2.24, 2.45) is 0 Å². The highest BCUT2D eigenvalue weighted by molar-refractivity contribution is 7.80. The average molecular weight is 370 g/mol. The molecule has 9 heteroatoms. The normalized spacial score (nSPS) is 10.7. The van der Waals surface area contributed by atoms with E-state index >= 15 is 0 Å². The van der Waals surface area contributed by atoms with Gasteiger partial charge in [0.25, 0.3) is 5.17 Å². The Morgan fingerprint density at radius 2 is 1.68 bits per heavy atom. The number of rotatable bonds is 3. The summed E-state index contributed by atoms with van der Waals surface area (Å²) in [5.41, 5.74) is -0.379. The number of carbonyl (C=O) groups excluding carboxylic acids is 1. The third kappa shape index (κ3) is 5.64. The number of methoxy groups -OCH3 is 1. The van der Waals surface area contributed by atoms with Gasteiger partial charge in [0, 0.05) is 17.4 Å². The van der Waals surface area contributed by atoms with Gasteiger partial charge in [-0.05, 0) is 42.5 Å². The minimum Gasteiger partial charge on any atom is -0.474 e. The van der Waals surface area contributed by atoms with Crippen LogP contribution in [0.1, 0.15) is 5.56 Å². The van der Waals surface area contributed by atoms with Gasteiger partial charge in [0.1, 0.15) is 5.75 Å². The number of amides is 1. The minimum atomic E-state index is -4.50. The van der Waals surface area contributed by atoms with Gasteiger partial charge in [-0.2, -0.15) is 13.2 Å². The van der Waals surface area contributed by atoms with Crippen molar-refractivity contribution in [2.45, 2.75) is 6.18 Å². The molecule has 132 valence electrons. The highest BCUT2D eigenvalue weighted by Gasteiger charge is 2.30. The second-order valence-corrected chi connectivity index (χ2v) is 5.11. The fourth-order valence-corrected chi connectivity index (χ4v) is 1.95. The average Bonchev–Trinajstić information content (AvgIpc) is 2.54. The van der Waals surface area contributed by atoms with Gasteiger partial charge in [-0.15, -0.1) is 0 Å². The molecule has 0 radical (unpaired) electrons. The van der Waals surface area contributed by atoms with Crippen LogP contribution in [0.2, 0.25) is 0 Å². The van der Waals surface area contributed by atoms with E-state index in [1.54, 1.807) is 12.1 Å². The summed E-state index contributed by atoms with van der Waals surface area (Å²) in [5, 5.41) is 5.12. The number of hydrogen-bond acceptors (Lipinski definition) is 4. The van der Waals surface area contributed by atoms with E-state index in [1.807, 2.05) is 0 Å². The number of hydrogen-bond donors (Lipinski definition) is 2. The molecule has 5 nitrogen and oxygen atoms in total. The molecular weight excluding hydrogens is 357 g/mol. The van der Waals surface area contributed by atoms with Gasteiger partial charge in [-0.25, -0.2) is 4.79 Å². The molecule has 25 heavy (non-hydrogen) atoms. The van der Waals surface area contributed by atoms with Crippen LogP contribution in [0.25, 0.3) is 0 Å². The lowest BCUT2D eigenvalue weighted by Crippen LogP contribution is -2.17. The third-order valence-corrected chi connectivity index (χ3v) is 3.18. The molecule has 0 atom stereocenters. The number of thiocarbonyl (C=S) groups is 1. The summed E-state index contributed by atoms with van der Waals surface area (Å²) in [7, 11) is 1.40. The Kier molecular flexibility index (Phi) is 5.81. The van der Waals surface area contributed by atoms with Gasteiger partial charge in [0.2, 0.25) is 0 Å². The molecule has 1 amide bonds. The van der Waals surface area contributed by atoms with Gasteiger partial charge >= 0.3 is 12.3 Å². The molecule has 2 aromatic rings. The van der Waals surface area contributed by atoms with Crippen molar-refractivity contribution >= 4 is 34.9 Å². The van der Waals surface area contributed by atoms with E-state index in [1.165, 1.54) is 31.4 Å². The number of halogens is 3. The summed E-state index contributed by atoms with van der Waals surface area (Å²) in [6.45, 7) is 0. The molecule has 0 bridgehead atoms. The summed E-state index contributed by atoms with van der Waals surface area (Å²) in [4.78, 5) is 11.8. The monoisotopic (exact) mass is 370 g/mol. The highest BCUT2D eigenvalue weighted by atomic mass is 32.1. The smallest absolute Gasteiger partial charge is 0.417 e. The molecule has 0 saturated carbocycles. The fraction of sp³-hybridized carbons (Fsp3) is 0.125. The Morgan fingerprint density at radius 3 is 2.32 bits per heavy atom. The van der Waals surface area contributed by atoms with E-state index < -0.39 is 17.8 Å². The van der Waals surface area contributed by atoms with E-state index in [-0.39, 0.29) is 16.6 Å². The Hall–Kier alpha value is -2.81. The lowest BCUT2D eigenvalue weighted by Gasteiger charge is -2.11. The molecule has 2 rings (SSSR count). The SMILES string of the molecule is COC(=S)Nc1cccc(OC(=O)Nc2cccc(C(F)(F)F)c2)c1. The summed E-state index contributed by atoms with van der Waals surface area (Å²) < 4.78 is 47.8. The number of alkyl halides is 3. The zero-order valence-corrected chi connectivity index (χ0v) is 13.7. The van der Waals surface area contributed by atoms with Crippen LogP contribution in [-0.2, 0) is 10.9 Å². The van der Waals surface area contributed by atoms with Crippen LogP contribution >= 0.6 is 12.2 Å². The molecule has 0 unspecified atom stereocenters. The van der Waals surface area contributed by atoms with Crippen molar-refractivity contribution < 1.29 is 27.4 Å². The molecule has 0 aliphatic rings. The van der Waals surface area contributed by atoms with Crippen LogP contribution < -0.4 is 15.4 Å². The predicted molar refractivity (Wildman–Crippen MR) is 90.8 cm³/mol. The maximum absolute atomic E-state index is 12.7. The van der Waals surface area contributed by atoms with E-state index in [0.717, 1.165) is 12.1 Å². The molecule has 0 spiro atoms. The summed E-state index contributed by atoms with van der Waals surface area (Å²) in [5.74, 6) is 0.174. The fourth-order valence-electron chi connectivity index (χ4n) is 1.83. The van der Waals surface area contributed by atoms with E-state index in [9.17, 15) is 18.0 Å². The summed E-state index contributed by atoms with van der Waals surface area (Å²) in [6, 6.07) is 10.5. The molecule has 0 aromatic heterocycles.